The summed E-state index contributed by atoms with van der Waals surface area (Å²) in [5, 5.41) is 3.94. The van der Waals surface area contributed by atoms with Gasteiger partial charge in [0.25, 0.3) is 0 Å². The highest BCUT2D eigenvalue weighted by Crippen LogP contribution is 2.37. The molecule has 3 heterocycles. The number of amides is 2. The van der Waals surface area contributed by atoms with Crippen LogP contribution in [-0.2, 0) is 9.59 Å². The Bertz CT molecular complexity index is 863. The van der Waals surface area contributed by atoms with E-state index in [2.05, 4.69) is 11.2 Å². The van der Waals surface area contributed by atoms with Gasteiger partial charge in [0, 0.05) is 17.5 Å². The van der Waals surface area contributed by atoms with Gasteiger partial charge in [-0.15, -0.1) is 11.8 Å². The maximum Gasteiger partial charge on any atom is 0.243 e. The molecular weight excluding hydrogens is 350 g/mol. The lowest BCUT2D eigenvalue weighted by atomic mass is 10.1. The first-order valence-corrected chi connectivity index (χ1v) is 9.78. The minimum Gasteiger partial charge on any atom is -0.359 e. The van der Waals surface area contributed by atoms with Crippen molar-refractivity contribution in [1.29, 1.82) is 0 Å². The van der Waals surface area contributed by atoms with Crippen molar-refractivity contribution in [1.82, 2.24) is 10.1 Å². The lowest BCUT2D eigenvalue weighted by Crippen LogP contribution is -2.44. The van der Waals surface area contributed by atoms with Gasteiger partial charge in [0.2, 0.25) is 11.8 Å². The van der Waals surface area contributed by atoms with Crippen LogP contribution in [-0.4, -0.2) is 40.7 Å². The van der Waals surface area contributed by atoms with Crippen molar-refractivity contribution >= 4 is 29.3 Å². The summed E-state index contributed by atoms with van der Waals surface area (Å²) in [5.41, 5.74) is 2.79. The second kappa shape index (κ2) is 6.79. The standard InChI is InChI=1S/C19H21N3O3S/c1-12-5-6-15-17(8-12)26-11-19(24)22(15)10-18(23)21-7-3-4-14(21)16-9-13(2)20-25-16/h5-6,8-9,14H,3-4,7,10-11H2,1-2H3. The Hall–Kier alpha value is -2.28. The molecule has 0 aliphatic carbocycles. The molecule has 0 bridgehead atoms. The van der Waals surface area contributed by atoms with Crippen LogP contribution in [0.4, 0.5) is 5.69 Å². The zero-order valence-corrected chi connectivity index (χ0v) is 15.7. The Morgan fingerprint density at radius 2 is 2.19 bits per heavy atom. The molecule has 6 nitrogen and oxygen atoms in total. The zero-order chi connectivity index (χ0) is 18.3. The molecule has 1 fully saturated rings. The molecular formula is C19H21N3O3S. The largest absolute Gasteiger partial charge is 0.359 e. The van der Waals surface area contributed by atoms with E-state index < -0.39 is 0 Å². The molecule has 1 aromatic carbocycles. The maximum absolute atomic E-state index is 13.0. The lowest BCUT2D eigenvalue weighted by Gasteiger charge is -2.31. The number of benzene rings is 1. The minimum absolute atomic E-state index is 0.0223. The van der Waals surface area contributed by atoms with Crippen molar-refractivity contribution in [2.75, 3.05) is 23.7 Å². The van der Waals surface area contributed by atoms with E-state index in [0.717, 1.165) is 40.4 Å². The van der Waals surface area contributed by atoms with Crippen LogP contribution in [0, 0.1) is 13.8 Å². The van der Waals surface area contributed by atoms with Gasteiger partial charge < -0.3 is 14.3 Å². The third-order valence-corrected chi connectivity index (χ3v) is 5.93. The molecule has 0 saturated carbocycles. The van der Waals surface area contributed by atoms with Gasteiger partial charge in [-0.1, -0.05) is 11.2 Å². The second-order valence-electron chi connectivity index (χ2n) is 6.86. The molecule has 2 aliphatic heterocycles. The first-order valence-electron chi connectivity index (χ1n) is 8.79. The molecule has 0 spiro atoms. The molecule has 26 heavy (non-hydrogen) atoms. The second-order valence-corrected chi connectivity index (χ2v) is 7.87. The Morgan fingerprint density at radius 1 is 1.35 bits per heavy atom. The molecule has 1 unspecified atom stereocenters. The molecule has 2 aromatic rings. The topological polar surface area (TPSA) is 66.7 Å². The number of nitrogens with zero attached hydrogens (tertiary/aromatic N) is 3. The summed E-state index contributed by atoms with van der Waals surface area (Å²) in [6.07, 6.45) is 1.79. The van der Waals surface area contributed by atoms with Crippen molar-refractivity contribution in [3.05, 3.63) is 41.3 Å². The first kappa shape index (κ1) is 17.1. The van der Waals surface area contributed by atoms with Gasteiger partial charge in [0.1, 0.15) is 6.54 Å². The summed E-state index contributed by atoms with van der Waals surface area (Å²) in [5.74, 6) is 1.03. The van der Waals surface area contributed by atoms with Crippen LogP contribution in [0.3, 0.4) is 0 Å². The van der Waals surface area contributed by atoms with Crippen LogP contribution in [0.2, 0.25) is 0 Å². The number of thioether (sulfide) groups is 1. The molecule has 2 aliphatic rings. The highest BCUT2D eigenvalue weighted by molar-refractivity contribution is 8.00. The predicted molar refractivity (Wildman–Crippen MR) is 99.2 cm³/mol. The average molecular weight is 371 g/mol. The summed E-state index contributed by atoms with van der Waals surface area (Å²) in [4.78, 5) is 29.9. The highest BCUT2D eigenvalue weighted by Gasteiger charge is 2.35. The number of fused-ring (bicyclic) bond motifs is 1. The molecule has 0 radical (unpaired) electrons. The normalized spacial score (nSPS) is 19.8. The monoisotopic (exact) mass is 371 g/mol. The molecule has 1 atom stereocenters. The van der Waals surface area contributed by atoms with E-state index in [0.29, 0.717) is 12.3 Å². The van der Waals surface area contributed by atoms with Crippen molar-refractivity contribution in [2.24, 2.45) is 0 Å². The van der Waals surface area contributed by atoms with Gasteiger partial charge in [0.15, 0.2) is 5.76 Å². The summed E-state index contributed by atoms with van der Waals surface area (Å²) in [6.45, 7) is 4.65. The van der Waals surface area contributed by atoms with Gasteiger partial charge >= 0.3 is 0 Å². The van der Waals surface area contributed by atoms with Crippen LogP contribution in [0.5, 0.6) is 0 Å². The highest BCUT2D eigenvalue weighted by atomic mass is 32.2. The molecule has 0 N–H and O–H groups in total. The molecule has 7 heteroatoms. The number of likely N-dealkylation sites (tertiary alicyclic amines) is 1. The average Bonchev–Trinajstić information content (AvgIpc) is 3.26. The number of hydrogen-bond donors (Lipinski definition) is 0. The molecule has 4 rings (SSSR count). The number of carbonyl (C=O) groups excluding carboxylic acids is 2. The van der Waals surface area contributed by atoms with Crippen LogP contribution in [0.25, 0.3) is 0 Å². The van der Waals surface area contributed by atoms with Crippen LogP contribution in [0.15, 0.2) is 33.7 Å². The Morgan fingerprint density at radius 3 is 2.96 bits per heavy atom. The van der Waals surface area contributed by atoms with E-state index in [1.807, 2.05) is 36.9 Å². The smallest absolute Gasteiger partial charge is 0.243 e. The zero-order valence-electron chi connectivity index (χ0n) is 14.9. The van der Waals surface area contributed by atoms with Crippen molar-refractivity contribution < 1.29 is 14.1 Å². The Kier molecular flexibility index (Phi) is 4.48. The van der Waals surface area contributed by atoms with Crippen LogP contribution >= 0.6 is 11.8 Å². The van der Waals surface area contributed by atoms with Crippen LogP contribution < -0.4 is 4.90 Å². The van der Waals surface area contributed by atoms with Gasteiger partial charge in [-0.2, -0.15) is 0 Å². The van der Waals surface area contributed by atoms with Gasteiger partial charge in [-0.25, -0.2) is 0 Å². The van der Waals surface area contributed by atoms with Crippen molar-refractivity contribution in [2.45, 2.75) is 37.6 Å². The Balaban J connectivity index is 1.55. The van der Waals surface area contributed by atoms with E-state index in [9.17, 15) is 9.59 Å². The first-order chi connectivity index (χ1) is 12.5. The van der Waals surface area contributed by atoms with E-state index >= 15 is 0 Å². The fourth-order valence-electron chi connectivity index (χ4n) is 3.61. The molecule has 2 amide bonds. The third kappa shape index (κ3) is 3.11. The fourth-order valence-corrected chi connectivity index (χ4v) is 4.64. The Labute approximate surface area is 156 Å². The number of hydrogen-bond acceptors (Lipinski definition) is 5. The van der Waals surface area contributed by atoms with Crippen molar-refractivity contribution in [3.8, 4) is 0 Å². The SMILES string of the molecule is Cc1ccc2c(c1)SCC(=O)N2CC(=O)N1CCCC1c1cc(C)no1. The lowest BCUT2D eigenvalue weighted by molar-refractivity contribution is -0.132. The number of rotatable bonds is 3. The molecule has 1 aromatic heterocycles. The summed E-state index contributed by atoms with van der Waals surface area (Å²) < 4.78 is 5.38. The quantitative estimate of drug-likeness (QED) is 0.829. The van der Waals surface area contributed by atoms with Gasteiger partial charge in [-0.05, 0) is 44.4 Å². The van der Waals surface area contributed by atoms with Gasteiger partial charge in [0.05, 0.1) is 23.2 Å². The van der Waals surface area contributed by atoms with Gasteiger partial charge in [-0.3, -0.25) is 9.59 Å². The third-order valence-electron chi connectivity index (χ3n) is 4.90. The van der Waals surface area contributed by atoms with Crippen molar-refractivity contribution in [3.63, 3.8) is 0 Å². The minimum atomic E-state index is -0.0875. The maximum atomic E-state index is 13.0. The molecule has 1 saturated heterocycles. The number of carbonyl (C=O) groups is 2. The fraction of sp³-hybridized carbons (Fsp3) is 0.421. The van der Waals surface area contributed by atoms with E-state index in [-0.39, 0.29) is 24.4 Å². The van der Waals surface area contributed by atoms with Crippen LogP contribution in [0.1, 0.15) is 35.9 Å². The summed E-state index contributed by atoms with van der Waals surface area (Å²) >= 11 is 1.53. The number of aryl methyl sites for hydroxylation is 2. The predicted octanol–water partition coefficient (Wildman–Crippen LogP) is 3.09. The van der Waals surface area contributed by atoms with E-state index in [1.54, 1.807) is 4.90 Å². The summed E-state index contributed by atoms with van der Waals surface area (Å²) in [7, 11) is 0. The van der Waals surface area contributed by atoms with E-state index in [4.69, 9.17) is 4.52 Å². The molecule has 136 valence electrons. The number of anilines is 1. The number of aromatic nitrogens is 1. The van der Waals surface area contributed by atoms with E-state index in [1.165, 1.54) is 11.8 Å². The summed E-state index contributed by atoms with van der Waals surface area (Å²) in [6, 6.07) is 7.78.